The number of morpholine rings is 1. The lowest BCUT2D eigenvalue weighted by Gasteiger charge is -2.42. The van der Waals surface area contributed by atoms with E-state index in [0.29, 0.717) is 6.61 Å². The molecule has 1 unspecified atom stereocenters. The highest BCUT2D eigenvalue weighted by Gasteiger charge is 2.34. The normalized spacial score (nSPS) is 23.1. The zero-order chi connectivity index (χ0) is 13.2. The van der Waals surface area contributed by atoms with Crippen molar-refractivity contribution in [2.24, 2.45) is 0 Å². The summed E-state index contributed by atoms with van der Waals surface area (Å²) in [5, 5.41) is 0. The molecular weight excluding hydrogens is 230 g/mol. The molecule has 1 aromatic heterocycles. The summed E-state index contributed by atoms with van der Waals surface area (Å²) in [6.45, 7) is 8.28. The molecule has 1 fully saturated rings. The van der Waals surface area contributed by atoms with Gasteiger partial charge in [0.25, 0.3) is 0 Å². The van der Waals surface area contributed by atoms with Crippen molar-refractivity contribution < 1.29 is 9.47 Å². The van der Waals surface area contributed by atoms with E-state index in [1.165, 1.54) is 0 Å². The summed E-state index contributed by atoms with van der Waals surface area (Å²) >= 11 is 0. The molecule has 0 aromatic carbocycles. The molecule has 1 saturated heterocycles. The molecule has 0 aliphatic carbocycles. The first-order valence-corrected chi connectivity index (χ1v) is 6.21. The van der Waals surface area contributed by atoms with Crippen LogP contribution in [-0.4, -0.2) is 48.5 Å². The number of methoxy groups -OCH3 is 1. The van der Waals surface area contributed by atoms with Gasteiger partial charge in [-0.1, -0.05) is 0 Å². The molecule has 0 bridgehead atoms. The van der Waals surface area contributed by atoms with Crippen LogP contribution in [0.2, 0.25) is 0 Å². The van der Waals surface area contributed by atoms with E-state index < -0.39 is 0 Å². The zero-order valence-corrected chi connectivity index (χ0v) is 11.5. The molecule has 0 saturated carbocycles. The first-order chi connectivity index (χ1) is 8.50. The van der Waals surface area contributed by atoms with Gasteiger partial charge in [0.2, 0.25) is 5.95 Å². The van der Waals surface area contributed by atoms with Gasteiger partial charge in [-0.05, 0) is 26.8 Å². The van der Waals surface area contributed by atoms with E-state index in [4.69, 9.17) is 9.47 Å². The Balaban J connectivity index is 2.16. The summed E-state index contributed by atoms with van der Waals surface area (Å²) in [5.41, 5.74) is 0.766. The van der Waals surface area contributed by atoms with Crippen molar-refractivity contribution in [1.29, 1.82) is 0 Å². The van der Waals surface area contributed by atoms with E-state index in [1.54, 1.807) is 13.3 Å². The summed E-state index contributed by atoms with van der Waals surface area (Å²) < 4.78 is 11.2. The average Bonchev–Trinajstić information content (AvgIpc) is 2.27. The molecule has 100 valence electrons. The molecule has 1 aliphatic rings. The highest BCUT2D eigenvalue weighted by Crippen LogP contribution is 2.23. The van der Waals surface area contributed by atoms with E-state index in [-0.39, 0.29) is 11.7 Å². The Bertz CT molecular complexity index is 409. The molecule has 0 radical (unpaired) electrons. The van der Waals surface area contributed by atoms with E-state index >= 15 is 0 Å². The minimum Gasteiger partial charge on any atom is -0.382 e. The van der Waals surface area contributed by atoms with Gasteiger partial charge in [-0.2, -0.15) is 0 Å². The monoisotopic (exact) mass is 251 g/mol. The predicted octanol–water partition coefficient (Wildman–Crippen LogP) is 1.42. The number of anilines is 1. The van der Waals surface area contributed by atoms with Gasteiger partial charge in [0.15, 0.2) is 0 Å². The number of rotatable bonds is 3. The van der Waals surface area contributed by atoms with Crippen molar-refractivity contribution in [3.05, 3.63) is 18.0 Å². The minimum absolute atomic E-state index is 0.0582. The number of hydrogen-bond acceptors (Lipinski definition) is 5. The minimum atomic E-state index is -0.214. The quantitative estimate of drug-likeness (QED) is 0.813. The Morgan fingerprint density at radius 1 is 1.56 bits per heavy atom. The summed E-state index contributed by atoms with van der Waals surface area (Å²) in [7, 11) is 1.69. The average molecular weight is 251 g/mol. The van der Waals surface area contributed by atoms with Crippen LogP contribution in [0, 0.1) is 6.92 Å². The fourth-order valence-corrected chi connectivity index (χ4v) is 2.31. The number of hydrogen-bond donors (Lipinski definition) is 0. The molecule has 18 heavy (non-hydrogen) atoms. The molecule has 2 heterocycles. The van der Waals surface area contributed by atoms with Crippen LogP contribution in [0.15, 0.2) is 12.3 Å². The molecule has 2 rings (SSSR count). The third-order valence-electron chi connectivity index (χ3n) is 2.90. The highest BCUT2D eigenvalue weighted by molar-refractivity contribution is 5.32. The van der Waals surface area contributed by atoms with E-state index in [9.17, 15) is 0 Å². The summed E-state index contributed by atoms with van der Waals surface area (Å²) in [5.74, 6) is 0.771. The van der Waals surface area contributed by atoms with Crippen LogP contribution in [-0.2, 0) is 9.47 Å². The molecule has 0 spiro atoms. The van der Waals surface area contributed by atoms with Crippen LogP contribution < -0.4 is 4.90 Å². The van der Waals surface area contributed by atoms with Gasteiger partial charge in [-0.3, -0.25) is 0 Å². The van der Waals surface area contributed by atoms with Gasteiger partial charge >= 0.3 is 0 Å². The van der Waals surface area contributed by atoms with Gasteiger partial charge in [0.05, 0.1) is 18.3 Å². The molecule has 0 amide bonds. The largest absolute Gasteiger partial charge is 0.382 e. The van der Waals surface area contributed by atoms with Crippen molar-refractivity contribution in [3.63, 3.8) is 0 Å². The lowest BCUT2D eigenvalue weighted by molar-refractivity contribution is -0.106. The van der Waals surface area contributed by atoms with E-state index in [2.05, 4.69) is 28.7 Å². The molecule has 1 aliphatic heterocycles. The van der Waals surface area contributed by atoms with Gasteiger partial charge in [-0.15, -0.1) is 0 Å². The second-order valence-electron chi connectivity index (χ2n) is 5.33. The molecule has 0 N–H and O–H groups in total. The van der Waals surface area contributed by atoms with Crippen LogP contribution in [0.3, 0.4) is 0 Å². The van der Waals surface area contributed by atoms with E-state index in [0.717, 1.165) is 24.7 Å². The Labute approximate surface area is 108 Å². The Hall–Kier alpha value is -1.20. The van der Waals surface area contributed by atoms with Crippen LogP contribution in [0.5, 0.6) is 0 Å². The van der Waals surface area contributed by atoms with Crippen molar-refractivity contribution >= 4 is 5.95 Å². The predicted molar refractivity (Wildman–Crippen MR) is 69.8 cm³/mol. The first-order valence-electron chi connectivity index (χ1n) is 6.21. The summed E-state index contributed by atoms with van der Waals surface area (Å²) in [4.78, 5) is 11.0. The smallest absolute Gasteiger partial charge is 0.225 e. The molecule has 5 nitrogen and oxygen atoms in total. The van der Waals surface area contributed by atoms with Crippen molar-refractivity contribution in [2.45, 2.75) is 32.5 Å². The van der Waals surface area contributed by atoms with Crippen LogP contribution >= 0.6 is 0 Å². The Kier molecular flexibility index (Phi) is 3.82. The molecule has 1 atom stereocenters. The highest BCUT2D eigenvalue weighted by atomic mass is 16.5. The lowest BCUT2D eigenvalue weighted by Crippen LogP contribution is -2.54. The SMILES string of the molecule is COCC1CN(c2nccc(C)n2)CC(C)(C)O1. The second kappa shape index (κ2) is 5.20. The standard InChI is InChI=1S/C13H21N3O2/c1-10-5-6-14-12(15-10)16-7-11(8-17-4)18-13(2,3)9-16/h5-6,11H,7-9H2,1-4H3. The van der Waals surface area contributed by atoms with Crippen LogP contribution in [0.1, 0.15) is 19.5 Å². The maximum atomic E-state index is 5.97. The van der Waals surface area contributed by atoms with Crippen molar-refractivity contribution in [3.8, 4) is 0 Å². The number of nitrogens with zero attached hydrogens (tertiary/aromatic N) is 3. The van der Waals surface area contributed by atoms with Crippen molar-refractivity contribution in [2.75, 3.05) is 31.7 Å². The van der Waals surface area contributed by atoms with Gasteiger partial charge in [0, 0.05) is 32.1 Å². The molecule has 1 aromatic rings. The fraction of sp³-hybridized carbons (Fsp3) is 0.692. The third kappa shape index (κ3) is 3.17. The van der Waals surface area contributed by atoms with Crippen LogP contribution in [0.25, 0.3) is 0 Å². The summed E-state index contributed by atoms with van der Waals surface area (Å²) in [6, 6.07) is 1.90. The van der Waals surface area contributed by atoms with Gasteiger partial charge in [0.1, 0.15) is 0 Å². The van der Waals surface area contributed by atoms with Gasteiger partial charge in [-0.25, -0.2) is 9.97 Å². The third-order valence-corrected chi connectivity index (χ3v) is 2.90. The van der Waals surface area contributed by atoms with E-state index in [1.807, 2.05) is 13.0 Å². The Morgan fingerprint density at radius 2 is 2.33 bits per heavy atom. The summed E-state index contributed by atoms with van der Waals surface area (Å²) in [6.07, 6.45) is 1.86. The number of ether oxygens (including phenoxy) is 2. The van der Waals surface area contributed by atoms with Gasteiger partial charge < -0.3 is 14.4 Å². The van der Waals surface area contributed by atoms with Crippen molar-refractivity contribution in [1.82, 2.24) is 9.97 Å². The maximum absolute atomic E-state index is 5.97. The maximum Gasteiger partial charge on any atom is 0.225 e. The fourth-order valence-electron chi connectivity index (χ4n) is 2.31. The second-order valence-corrected chi connectivity index (χ2v) is 5.33. The molecular formula is C13H21N3O2. The topological polar surface area (TPSA) is 47.5 Å². The lowest BCUT2D eigenvalue weighted by atomic mass is 10.1. The molecule has 5 heteroatoms. The zero-order valence-electron chi connectivity index (χ0n) is 11.5. The number of aryl methyl sites for hydroxylation is 1. The number of aromatic nitrogens is 2. The first kappa shape index (κ1) is 13.2. The van der Waals surface area contributed by atoms with Crippen LogP contribution in [0.4, 0.5) is 5.95 Å². The Morgan fingerprint density at radius 3 is 3.00 bits per heavy atom.